The molecule has 0 spiro atoms. The zero-order valence-corrected chi connectivity index (χ0v) is 17.9. The Morgan fingerprint density at radius 1 is 1.23 bits per heavy atom. The molecule has 162 valence electrons. The fourth-order valence-corrected chi connectivity index (χ4v) is 5.19. The Bertz CT molecular complexity index is 988. The topological polar surface area (TPSA) is 109 Å². The summed E-state index contributed by atoms with van der Waals surface area (Å²) in [4.78, 5) is 24.9. The summed E-state index contributed by atoms with van der Waals surface area (Å²) in [6.07, 6.45) is 4.17. The van der Waals surface area contributed by atoms with Crippen LogP contribution in [0.15, 0.2) is 52.0 Å². The number of hydrogen-bond acceptors (Lipinski definition) is 5. The van der Waals surface area contributed by atoms with Crippen molar-refractivity contribution in [2.45, 2.75) is 56.6 Å². The van der Waals surface area contributed by atoms with E-state index in [0.717, 1.165) is 19.3 Å². The number of nitrogens with zero attached hydrogens (tertiary/aromatic N) is 1. The van der Waals surface area contributed by atoms with Crippen LogP contribution in [-0.2, 0) is 21.4 Å². The third kappa shape index (κ3) is 5.09. The van der Waals surface area contributed by atoms with Gasteiger partial charge in [0.25, 0.3) is 5.91 Å². The first-order valence-corrected chi connectivity index (χ1v) is 11.5. The minimum Gasteiger partial charge on any atom is -0.467 e. The van der Waals surface area contributed by atoms with Gasteiger partial charge in [-0.15, -0.1) is 0 Å². The number of nitrogens with one attached hydrogen (secondary N) is 2. The molecular formula is C21H27N3O5S. The lowest BCUT2D eigenvalue weighted by atomic mass is 10.1. The van der Waals surface area contributed by atoms with Crippen LogP contribution in [0.2, 0.25) is 0 Å². The van der Waals surface area contributed by atoms with Crippen LogP contribution >= 0.6 is 0 Å². The van der Waals surface area contributed by atoms with Crippen molar-refractivity contribution in [3.63, 3.8) is 0 Å². The number of rotatable bonds is 7. The van der Waals surface area contributed by atoms with Crippen LogP contribution in [0.4, 0.5) is 0 Å². The van der Waals surface area contributed by atoms with Gasteiger partial charge in [0.1, 0.15) is 11.8 Å². The second kappa shape index (κ2) is 9.44. The molecular weight excluding hydrogens is 406 g/mol. The van der Waals surface area contributed by atoms with Gasteiger partial charge in [-0.25, -0.2) is 8.42 Å². The average molecular weight is 434 g/mol. The first kappa shape index (κ1) is 22.0. The number of furan rings is 1. The van der Waals surface area contributed by atoms with Crippen molar-refractivity contribution in [1.82, 2.24) is 14.9 Å². The van der Waals surface area contributed by atoms with Crippen molar-refractivity contribution in [2.75, 3.05) is 6.54 Å². The molecule has 8 nitrogen and oxygen atoms in total. The summed E-state index contributed by atoms with van der Waals surface area (Å²) >= 11 is 0. The maximum Gasteiger partial charge on any atom is 0.251 e. The number of benzene rings is 1. The molecule has 9 heteroatoms. The van der Waals surface area contributed by atoms with Crippen LogP contribution in [0.1, 0.15) is 49.2 Å². The number of piperidine rings is 1. The summed E-state index contributed by atoms with van der Waals surface area (Å²) < 4.78 is 32.7. The summed E-state index contributed by atoms with van der Waals surface area (Å²) in [5.41, 5.74) is 0.187. The van der Waals surface area contributed by atoms with Gasteiger partial charge in [0.15, 0.2) is 0 Å². The molecule has 0 bridgehead atoms. The summed E-state index contributed by atoms with van der Waals surface area (Å²) in [7, 11) is -3.68. The third-order valence-electron chi connectivity index (χ3n) is 5.20. The molecule has 2 N–H and O–H groups in total. The van der Waals surface area contributed by atoms with E-state index >= 15 is 0 Å². The molecule has 30 heavy (non-hydrogen) atoms. The number of carbonyl (C=O) groups is 2. The van der Waals surface area contributed by atoms with E-state index in [1.165, 1.54) is 34.8 Å². The van der Waals surface area contributed by atoms with E-state index in [9.17, 15) is 18.0 Å². The molecule has 2 amide bonds. The van der Waals surface area contributed by atoms with Crippen LogP contribution in [0.5, 0.6) is 0 Å². The number of hydrogen-bond donors (Lipinski definition) is 2. The van der Waals surface area contributed by atoms with Gasteiger partial charge in [0, 0.05) is 18.2 Å². The molecule has 3 rings (SSSR count). The van der Waals surface area contributed by atoms with Crippen LogP contribution in [-0.4, -0.2) is 43.2 Å². The lowest BCUT2D eigenvalue weighted by Crippen LogP contribution is -2.44. The maximum absolute atomic E-state index is 13.0. The third-order valence-corrected chi connectivity index (χ3v) is 7.21. The number of sulfonamides is 1. The van der Waals surface area contributed by atoms with Gasteiger partial charge in [0.05, 0.1) is 17.7 Å². The predicted molar refractivity (Wildman–Crippen MR) is 111 cm³/mol. The highest BCUT2D eigenvalue weighted by atomic mass is 32.2. The second-order valence-electron chi connectivity index (χ2n) is 7.48. The molecule has 2 unspecified atom stereocenters. The minimum absolute atomic E-state index is 0.0703. The SMILES string of the molecule is CC(NC(=O)c1cccc(S(=O)(=O)N2CCCCC2C)c1)C(=O)NCc1ccco1. The molecule has 1 saturated heterocycles. The smallest absolute Gasteiger partial charge is 0.251 e. The quantitative estimate of drug-likeness (QED) is 0.696. The lowest BCUT2D eigenvalue weighted by molar-refractivity contribution is -0.122. The van der Waals surface area contributed by atoms with E-state index in [4.69, 9.17) is 4.42 Å². The van der Waals surface area contributed by atoms with Crippen LogP contribution in [0.3, 0.4) is 0 Å². The van der Waals surface area contributed by atoms with Crippen molar-refractivity contribution in [3.8, 4) is 0 Å². The fourth-order valence-electron chi connectivity index (χ4n) is 3.45. The Morgan fingerprint density at radius 2 is 2.03 bits per heavy atom. The van der Waals surface area contributed by atoms with Gasteiger partial charge in [0.2, 0.25) is 15.9 Å². The molecule has 0 aliphatic carbocycles. The van der Waals surface area contributed by atoms with E-state index in [2.05, 4.69) is 10.6 Å². The summed E-state index contributed by atoms with van der Waals surface area (Å²) in [5, 5.41) is 5.28. The van der Waals surface area contributed by atoms with E-state index in [1.54, 1.807) is 19.1 Å². The highest BCUT2D eigenvalue weighted by molar-refractivity contribution is 7.89. The largest absolute Gasteiger partial charge is 0.467 e. The normalized spacial score (nSPS) is 18.5. The van der Waals surface area contributed by atoms with Gasteiger partial charge in [-0.3, -0.25) is 9.59 Å². The van der Waals surface area contributed by atoms with Gasteiger partial charge in [-0.1, -0.05) is 12.5 Å². The van der Waals surface area contributed by atoms with Gasteiger partial charge >= 0.3 is 0 Å². The van der Waals surface area contributed by atoms with E-state index in [1.807, 2.05) is 6.92 Å². The number of amides is 2. The predicted octanol–water partition coefficient (Wildman–Crippen LogP) is 2.28. The van der Waals surface area contributed by atoms with Crippen molar-refractivity contribution in [2.24, 2.45) is 0 Å². The maximum atomic E-state index is 13.0. The molecule has 1 aromatic carbocycles. The van der Waals surface area contributed by atoms with Gasteiger partial charge < -0.3 is 15.1 Å². The molecule has 1 aromatic heterocycles. The average Bonchev–Trinajstić information content (AvgIpc) is 3.26. The zero-order chi connectivity index (χ0) is 21.7. The molecule has 1 fully saturated rings. The summed E-state index contributed by atoms with van der Waals surface area (Å²) in [6, 6.07) is 8.51. The molecule has 1 aliphatic rings. The van der Waals surface area contributed by atoms with Crippen LogP contribution in [0.25, 0.3) is 0 Å². The zero-order valence-electron chi connectivity index (χ0n) is 17.1. The minimum atomic E-state index is -3.68. The molecule has 0 saturated carbocycles. The van der Waals surface area contributed by atoms with Crippen molar-refractivity contribution >= 4 is 21.8 Å². The first-order chi connectivity index (χ1) is 14.3. The summed E-state index contributed by atoms with van der Waals surface area (Å²) in [6.45, 7) is 4.16. The Labute approximate surface area is 176 Å². The second-order valence-corrected chi connectivity index (χ2v) is 9.37. The van der Waals surface area contributed by atoms with E-state index < -0.39 is 22.0 Å². The Morgan fingerprint density at radius 3 is 2.73 bits per heavy atom. The van der Waals surface area contributed by atoms with Crippen molar-refractivity contribution in [1.29, 1.82) is 0 Å². The first-order valence-electron chi connectivity index (χ1n) is 10.0. The molecule has 1 aliphatic heterocycles. The lowest BCUT2D eigenvalue weighted by Gasteiger charge is -2.32. The van der Waals surface area contributed by atoms with Gasteiger partial charge in [-0.05, 0) is 57.0 Å². The highest BCUT2D eigenvalue weighted by Gasteiger charge is 2.31. The van der Waals surface area contributed by atoms with Gasteiger partial charge in [-0.2, -0.15) is 4.31 Å². The van der Waals surface area contributed by atoms with E-state index in [-0.39, 0.29) is 29.0 Å². The fraction of sp³-hybridized carbons (Fsp3) is 0.429. The summed E-state index contributed by atoms with van der Waals surface area (Å²) in [5.74, 6) is -0.281. The Kier molecular flexibility index (Phi) is 6.94. The van der Waals surface area contributed by atoms with Crippen LogP contribution in [0, 0.1) is 0 Å². The van der Waals surface area contributed by atoms with Crippen LogP contribution < -0.4 is 10.6 Å². The van der Waals surface area contributed by atoms with Crippen molar-refractivity contribution < 1.29 is 22.4 Å². The van der Waals surface area contributed by atoms with E-state index in [0.29, 0.717) is 12.3 Å². The molecule has 0 radical (unpaired) electrons. The highest BCUT2D eigenvalue weighted by Crippen LogP contribution is 2.25. The standard InChI is InChI=1S/C21H27N3O5S/c1-15-7-3-4-11-24(15)30(27,28)19-10-5-8-17(13-19)21(26)23-16(2)20(25)22-14-18-9-6-12-29-18/h5-6,8-10,12-13,15-16H,3-4,7,11,14H2,1-2H3,(H,22,25)(H,23,26). The Hall–Kier alpha value is -2.65. The van der Waals surface area contributed by atoms with Crippen molar-refractivity contribution in [3.05, 3.63) is 54.0 Å². The molecule has 2 heterocycles. The monoisotopic (exact) mass is 433 g/mol. The Balaban J connectivity index is 1.66. The number of carbonyl (C=O) groups excluding carboxylic acids is 2. The molecule has 2 aromatic rings. The molecule has 2 atom stereocenters.